The molecular formula is C9H6N2O2S. The van der Waals surface area contributed by atoms with Crippen LogP contribution < -0.4 is 4.74 Å². The van der Waals surface area contributed by atoms with Gasteiger partial charge < -0.3 is 4.74 Å². The molecule has 0 aliphatic rings. The SMILES string of the molecule is COc1ccc2nc(N=C=O)sc2c1. The summed E-state index contributed by atoms with van der Waals surface area (Å²) in [4.78, 5) is 17.6. The minimum absolute atomic E-state index is 0.420. The molecular weight excluding hydrogens is 200 g/mol. The summed E-state index contributed by atoms with van der Waals surface area (Å²) in [5.41, 5.74) is 0.810. The van der Waals surface area contributed by atoms with Gasteiger partial charge in [0.1, 0.15) is 5.75 Å². The van der Waals surface area contributed by atoms with Gasteiger partial charge in [-0.05, 0) is 18.2 Å². The summed E-state index contributed by atoms with van der Waals surface area (Å²) in [7, 11) is 1.60. The second-order valence-corrected chi connectivity index (χ2v) is 3.54. The number of nitrogens with zero attached hydrogens (tertiary/aromatic N) is 2. The number of benzene rings is 1. The van der Waals surface area contributed by atoms with E-state index in [-0.39, 0.29) is 0 Å². The van der Waals surface area contributed by atoms with Gasteiger partial charge in [0.05, 0.1) is 17.3 Å². The fraction of sp³-hybridized carbons (Fsp3) is 0.111. The molecule has 0 bridgehead atoms. The van der Waals surface area contributed by atoms with Crippen molar-refractivity contribution in [2.45, 2.75) is 0 Å². The van der Waals surface area contributed by atoms with E-state index >= 15 is 0 Å². The lowest BCUT2D eigenvalue weighted by molar-refractivity contribution is 0.415. The molecule has 1 heterocycles. The molecule has 0 saturated heterocycles. The predicted molar refractivity (Wildman–Crippen MR) is 54.0 cm³/mol. The van der Waals surface area contributed by atoms with E-state index < -0.39 is 0 Å². The highest BCUT2D eigenvalue weighted by molar-refractivity contribution is 7.22. The zero-order valence-electron chi connectivity index (χ0n) is 7.35. The number of aromatic nitrogens is 1. The van der Waals surface area contributed by atoms with Crippen LogP contribution in [-0.2, 0) is 4.79 Å². The summed E-state index contributed by atoms with van der Waals surface area (Å²) >= 11 is 1.33. The van der Waals surface area contributed by atoms with Gasteiger partial charge in [-0.25, -0.2) is 9.78 Å². The molecule has 0 saturated carbocycles. The number of hydrogen-bond donors (Lipinski definition) is 0. The van der Waals surface area contributed by atoms with E-state index in [9.17, 15) is 4.79 Å². The van der Waals surface area contributed by atoms with Crippen molar-refractivity contribution in [3.63, 3.8) is 0 Å². The number of fused-ring (bicyclic) bond motifs is 1. The van der Waals surface area contributed by atoms with Crippen LogP contribution in [0.5, 0.6) is 5.75 Å². The van der Waals surface area contributed by atoms with Crippen LogP contribution in [0.4, 0.5) is 5.13 Å². The lowest BCUT2D eigenvalue weighted by Crippen LogP contribution is -1.80. The third-order valence-corrected chi connectivity index (χ3v) is 2.64. The van der Waals surface area contributed by atoms with E-state index in [4.69, 9.17) is 4.74 Å². The Morgan fingerprint density at radius 2 is 2.43 bits per heavy atom. The van der Waals surface area contributed by atoms with Crippen molar-refractivity contribution < 1.29 is 9.53 Å². The van der Waals surface area contributed by atoms with E-state index in [0.29, 0.717) is 5.13 Å². The molecule has 0 unspecified atom stereocenters. The van der Waals surface area contributed by atoms with Crippen molar-refractivity contribution in [2.75, 3.05) is 7.11 Å². The largest absolute Gasteiger partial charge is 0.497 e. The number of hydrogen-bond acceptors (Lipinski definition) is 5. The van der Waals surface area contributed by atoms with E-state index in [1.54, 1.807) is 7.11 Å². The van der Waals surface area contributed by atoms with Crippen LogP contribution in [0.25, 0.3) is 10.2 Å². The van der Waals surface area contributed by atoms with E-state index in [0.717, 1.165) is 16.0 Å². The van der Waals surface area contributed by atoms with Crippen molar-refractivity contribution >= 4 is 32.8 Å². The molecule has 70 valence electrons. The molecule has 0 aliphatic carbocycles. The molecule has 2 rings (SSSR count). The number of methoxy groups -OCH3 is 1. The Labute approximate surface area is 83.9 Å². The smallest absolute Gasteiger partial charge is 0.242 e. The van der Waals surface area contributed by atoms with Crippen LogP contribution >= 0.6 is 11.3 Å². The summed E-state index contributed by atoms with van der Waals surface area (Å²) in [5, 5.41) is 0.420. The van der Waals surface area contributed by atoms with Gasteiger partial charge >= 0.3 is 0 Å². The molecule has 0 N–H and O–H groups in total. The first-order valence-electron chi connectivity index (χ1n) is 3.86. The lowest BCUT2D eigenvalue weighted by atomic mass is 10.3. The number of aliphatic imine (C=N–C) groups is 1. The molecule has 0 amide bonds. The van der Waals surface area contributed by atoms with Gasteiger partial charge in [-0.1, -0.05) is 11.3 Å². The van der Waals surface area contributed by atoms with E-state index in [1.165, 1.54) is 17.4 Å². The molecule has 0 radical (unpaired) electrons. The molecule has 14 heavy (non-hydrogen) atoms. The first-order valence-corrected chi connectivity index (χ1v) is 4.67. The lowest BCUT2D eigenvalue weighted by Gasteiger charge is -1.96. The number of carbonyl (C=O) groups excluding carboxylic acids is 1. The number of thiazole rings is 1. The summed E-state index contributed by atoms with van der Waals surface area (Å²) in [6.45, 7) is 0. The van der Waals surface area contributed by atoms with Crippen LogP contribution in [-0.4, -0.2) is 18.2 Å². The van der Waals surface area contributed by atoms with Gasteiger partial charge in [-0.15, -0.1) is 4.99 Å². The fourth-order valence-corrected chi connectivity index (χ4v) is 1.92. The molecule has 1 aromatic heterocycles. The second-order valence-electron chi connectivity index (χ2n) is 2.53. The van der Waals surface area contributed by atoms with Gasteiger partial charge in [0.2, 0.25) is 11.2 Å². The van der Waals surface area contributed by atoms with Crippen LogP contribution in [0.1, 0.15) is 0 Å². The molecule has 4 nitrogen and oxygen atoms in total. The monoisotopic (exact) mass is 206 g/mol. The Morgan fingerprint density at radius 3 is 3.14 bits per heavy atom. The summed E-state index contributed by atoms with van der Waals surface area (Å²) in [6, 6.07) is 5.50. The molecule has 0 aliphatic heterocycles. The Balaban J connectivity index is 2.59. The first kappa shape index (κ1) is 8.87. The van der Waals surface area contributed by atoms with Gasteiger partial charge in [0.25, 0.3) is 0 Å². The first-order chi connectivity index (χ1) is 6.83. The Kier molecular flexibility index (Phi) is 2.26. The van der Waals surface area contributed by atoms with Crippen LogP contribution in [0.3, 0.4) is 0 Å². The Bertz CT molecular complexity index is 515. The minimum atomic E-state index is 0.420. The third-order valence-electron chi connectivity index (χ3n) is 1.73. The predicted octanol–water partition coefficient (Wildman–Crippen LogP) is 2.27. The fourth-order valence-electron chi connectivity index (χ4n) is 1.11. The highest BCUT2D eigenvalue weighted by atomic mass is 32.1. The third kappa shape index (κ3) is 1.51. The van der Waals surface area contributed by atoms with Gasteiger partial charge in [-0.3, -0.25) is 0 Å². The topological polar surface area (TPSA) is 51.6 Å². The van der Waals surface area contributed by atoms with Gasteiger partial charge in [0.15, 0.2) is 0 Å². The van der Waals surface area contributed by atoms with Gasteiger partial charge in [-0.2, -0.15) is 0 Å². The van der Waals surface area contributed by atoms with Crippen molar-refractivity contribution in [1.82, 2.24) is 4.98 Å². The zero-order valence-corrected chi connectivity index (χ0v) is 8.17. The summed E-state index contributed by atoms with van der Waals surface area (Å²) in [6.07, 6.45) is 1.47. The normalized spacial score (nSPS) is 9.79. The van der Waals surface area contributed by atoms with Gasteiger partial charge in [0, 0.05) is 0 Å². The number of ether oxygens (including phenoxy) is 1. The number of rotatable bonds is 2. The standard InChI is InChI=1S/C9H6N2O2S/c1-13-6-2-3-7-8(4-6)14-9(11-7)10-5-12/h2-4H,1H3. The Morgan fingerprint density at radius 1 is 1.57 bits per heavy atom. The summed E-state index contributed by atoms with van der Waals surface area (Å²) < 4.78 is 6.01. The molecule has 2 aromatic rings. The second kappa shape index (κ2) is 3.57. The highest BCUT2D eigenvalue weighted by Gasteiger charge is 2.03. The minimum Gasteiger partial charge on any atom is -0.497 e. The maximum atomic E-state index is 10.0. The van der Waals surface area contributed by atoms with Crippen LogP contribution in [0.2, 0.25) is 0 Å². The maximum absolute atomic E-state index is 10.0. The van der Waals surface area contributed by atoms with Crippen LogP contribution in [0, 0.1) is 0 Å². The van der Waals surface area contributed by atoms with E-state index in [1.807, 2.05) is 18.2 Å². The van der Waals surface area contributed by atoms with Crippen molar-refractivity contribution in [3.8, 4) is 5.75 Å². The van der Waals surface area contributed by atoms with Crippen molar-refractivity contribution in [3.05, 3.63) is 18.2 Å². The molecule has 5 heteroatoms. The highest BCUT2D eigenvalue weighted by Crippen LogP contribution is 2.30. The molecule has 0 fully saturated rings. The molecule has 0 atom stereocenters. The summed E-state index contributed by atoms with van der Waals surface area (Å²) in [5.74, 6) is 0.766. The average Bonchev–Trinajstić information content (AvgIpc) is 2.59. The Hall–Kier alpha value is -1.71. The van der Waals surface area contributed by atoms with Crippen LogP contribution in [0.15, 0.2) is 23.2 Å². The molecule has 0 spiro atoms. The maximum Gasteiger partial charge on any atom is 0.242 e. The van der Waals surface area contributed by atoms with E-state index in [2.05, 4.69) is 9.98 Å². The van der Waals surface area contributed by atoms with Crippen molar-refractivity contribution in [2.24, 2.45) is 4.99 Å². The zero-order chi connectivity index (χ0) is 9.97. The van der Waals surface area contributed by atoms with Crippen molar-refractivity contribution in [1.29, 1.82) is 0 Å². The molecule has 1 aromatic carbocycles. The quantitative estimate of drug-likeness (QED) is 0.559. The number of isocyanates is 1. The average molecular weight is 206 g/mol.